The topological polar surface area (TPSA) is 74.3 Å². The summed E-state index contributed by atoms with van der Waals surface area (Å²) >= 11 is 0. The molecule has 1 saturated heterocycles. The maximum atomic E-state index is 13.1. The Morgan fingerprint density at radius 1 is 0.917 bits per heavy atom. The number of hydrogen-bond donors (Lipinski definition) is 0. The summed E-state index contributed by atoms with van der Waals surface area (Å²) in [5.41, 5.74) is 0.912. The van der Waals surface area contributed by atoms with Crippen LogP contribution in [0.25, 0.3) is 0 Å². The van der Waals surface area contributed by atoms with Gasteiger partial charge < -0.3 is 18.3 Å². The molecule has 2 rings (SSSR count). The SMILES string of the molecule is COC(=O)[C@H]1C(O[Si](C)(C)C(C)(C)C)C(O[Si](C)(C)C(C)(C)C)CN1CC(=O)OCc1ccccc1. The summed E-state index contributed by atoms with van der Waals surface area (Å²) < 4.78 is 24.4. The standard InChI is InChI=1S/C27H47NO6Si2/c1-26(2,3)35(8,9)33-21-17-28(18-22(29)32-19-20-15-13-12-14-16-20)23(25(30)31-7)24(21)34-36(10,11)27(4,5)6/h12-16,21,23-24H,17-19H2,1-11H3/t21?,23-,24?/m1/s1. The second-order valence-corrected chi connectivity index (χ2v) is 22.3. The zero-order chi connectivity index (χ0) is 27.5. The number of carbonyl (C=O) groups excluding carboxylic acids is 2. The number of benzene rings is 1. The van der Waals surface area contributed by atoms with Crippen molar-refractivity contribution in [3.8, 4) is 0 Å². The van der Waals surface area contributed by atoms with Gasteiger partial charge in [-0.2, -0.15) is 0 Å². The van der Waals surface area contributed by atoms with Crippen molar-refractivity contribution < 1.29 is 27.9 Å². The Balaban J connectivity index is 2.34. The first-order valence-corrected chi connectivity index (χ1v) is 18.6. The largest absolute Gasteiger partial charge is 0.468 e. The van der Waals surface area contributed by atoms with E-state index < -0.39 is 40.7 Å². The van der Waals surface area contributed by atoms with Crippen LogP contribution in [0.1, 0.15) is 47.1 Å². The fourth-order valence-corrected chi connectivity index (χ4v) is 6.33. The quantitative estimate of drug-likeness (QED) is 0.310. The highest BCUT2D eigenvalue weighted by molar-refractivity contribution is 6.74. The highest BCUT2D eigenvalue weighted by Gasteiger charge is 2.54. The van der Waals surface area contributed by atoms with Crippen LogP contribution >= 0.6 is 0 Å². The number of methoxy groups -OCH3 is 1. The molecule has 0 aromatic heterocycles. The first kappa shape index (κ1) is 30.7. The van der Waals surface area contributed by atoms with E-state index in [9.17, 15) is 9.59 Å². The van der Waals surface area contributed by atoms with Gasteiger partial charge in [0.2, 0.25) is 0 Å². The molecule has 0 amide bonds. The zero-order valence-electron chi connectivity index (χ0n) is 24.1. The van der Waals surface area contributed by atoms with Crippen molar-refractivity contribution in [1.82, 2.24) is 4.90 Å². The summed E-state index contributed by atoms with van der Waals surface area (Å²) in [6.07, 6.45) is -0.888. The molecule has 1 fully saturated rings. The number of hydrogen-bond acceptors (Lipinski definition) is 7. The van der Waals surface area contributed by atoms with Gasteiger partial charge in [-0.05, 0) is 41.8 Å². The van der Waals surface area contributed by atoms with Crippen LogP contribution in [0.5, 0.6) is 0 Å². The molecule has 2 unspecified atom stereocenters. The van der Waals surface area contributed by atoms with Crippen LogP contribution in [0.4, 0.5) is 0 Å². The molecule has 0 N–H and O–H groups in total. The molecular weight excluding hydrogens is 490 g/mol. The molecule has 1 heterocycles. The average Bonchev–Trinajstić information content (AvgIpc) is 3.05. The lowest BCUT2D eigenvalue weighted by molar-refractivity contribution is -0.152. The summed E-state index contributed by atoms with van der Waals surface area (Å²) in [4.78, 5) is 27.8. The van der Waals surface area contributed by atoms with Crippen LogP contribution in [0.15, 0.2) is 30.3 Å². The molecule has 0 radical (unpaired) electrons. The summed E-state index contributed by atoms with van der Waals surface area (Å²) in [6.45, 7) is 22.3. The molecule has 0 bridgehead atoms. The van der Waals surface area contributed by atoms with Crippen molar-refractivity contribution in [3.05, 3.63) is 35.9 Å². The third-order valence-electron chi connectivity index (χ3n) is 7.99. The van der Waals surface area contributed by atoms with E-state index in [1.807, 2.05) is 35.2 Å². The van der Waals surface area contributed by atoms with Crippen LogP contribution in [0, 0.1) is 0 Å². The van der Waals surface area contributed by atoms with Gasteiger partial charge in [-0.1, -0.05) is 71.9 Å². The maximum Gasteiger partial charge on any atom is 0.325 e. The highest BCUT2D eigenvalue weighted by Crippen LogP contribution is 2.43. The summed E-state index contributed by atoms with van der Waals surface area (Å²) in [6, 6.07) is 8.80. The van der Waals surface area contributed by atoms with E-state index in [0.29, 0.717) is 6.54 Å². The second-order valence-electron chi connectivity index (χ2n) is 12.8. The maximum absolute atomic E-state index is 13.1. The molecule has 204 valence electrons. The Morgan fingerprint density at radius 3 is 1.94 bits per heavy atom. The van der Waals surface area contributed by atoms with Crippen LogP contribution in [-0.4, -0.2) is 71.9 Å². The molecule has 1 aliphatic heterocycles. The molecule has 0 aliphatic carbocycles. The van der Waals surface area contributed by atoms with Gasteiger partial charge in [0.15, 0.2) is 16.6 Å². The van der Waals surface area contributed by atoms with Crippen LogP contribution in [-0.2, 0) is 34.5 Å². The lowest BCUT2D eigenvalue weighted by Crippen LogP contribution is -2.55. The van der Waals surface area contributed by atoms with Gasteiger partial charge in [0.1, 0.15) is 12.6 Å². The van der Waals surface area contributed by atoms with E-state index in [2.05, 4.69) is 67.7 Å². The van der Waals surface area contributed by atoms with Crippen LogP contribution in [0.3, 0.4) is 0 Å². The Labute approximate surface area is 220 Å². The van der Waals surface area contributed by atoms with Gasteiger partial charge in [-0.15, -0.1) is 0 Å². The zero-order valence-corrected chi connectivity index (χ0v) is 26.1. The number of nitrogens with zero attached hydrogens (tertiary/aromatic N) is 1. The molecular formula is C27H47NO6Si2. The number of ether oxygens (including phenoxy) is 2. The average molecular weight is 538 g/mol. The molecule has 1 aromatic rings. The third-order valence-corrected chi connectivity index (χ3v) is 17.0. The van der Waals surface area contributed by atoms with Crippen molar-refractivity contribution >= 4 is 28.6 Å². The van der Waals surface area contributed by atoms with Gasteiger partial charge in [-0.25, -0.2) is 0 Å². The van der Waals surface area contributed by atoms with Gasteiger partial charge in [0.25, 0.3) is 0 Å². The Kier molecular flexibility index (Phi) is 9.78. The molecule has 0 spiro atoms. The normalized spacial score (nSPS) is 21.9. The van der Waals surface area contributed by atoms with Gasteiger partial charge >= 0.3 is 11.9 Å². The minimum Gasteiger partial charge on any atom is -0.468 e. The first-order valence-electron chi connectivity index (χ1n) is 12.8. The van der Waals surface area contributed by atoms with Gasteiger partial charge in [-0.3, -0.25) is 14.5 Å². The van der Waals surface area contributed by atoms with Crippen molar-refractivity contribution in [1.29, 1.82) is 0 Å². The minimum absolute atomic E-state index is 0.0165. The number of rotatable bonds is 9. The van der Waals surface area contributed by atoms with Crippen molar-refractivity contribution in [2.24, 2.45) is 0 Å². The number of carbonyl (C=O) groups is 2. The van der Waals surface area contributed by atoms with Crippen molar-refractivity contribution in [2.75, 3.05) is 20.2 Å². The molecule has 0 saturated carbocycles. The summed E-state index contributed by atoms with van der Waals surface area (Å²) in [5.74, 6) is -0.817. The number of likely N-dealkylation sites (tertiary alicyclic amines) is 1. The Bertz CT molecular complexity index is 892. The molecule has 9 heteroatoms. The highest BCUT2D eigenvalue weighted by atomic mass is 28.4. The summed E-state index contributed by atoms with van der Waals surface area (Å²) in [7, 11) is -3.10. The second kappa shape index (κ2) is 11.5. The Hall–Kier alpha value is -1.53. The molecule has 1 aliphatic rings. The molecule has 36 heavy (non-hydrogen) atoms. The summed E-state index contributed by atoms with van der Waals surface area (Å²) in [5, 5.41) is -0.0749. The van der Waals surface area contributed by atoms with E-state index in [0.717, 1.165) is 5.56 Å². The van der Waals surface area contributed by atoms with Crippen molar-refractivity contribution in [3.63, 3.8) is 0 Å². The van der Waals surface area contributed by atoms with E-state index in [4.69, 9.17) is 18.3 Å². The lowest BCUT2D eigenvalue weighted by Gasteiger charge is -2.43. The van der Waals surface area contributed by atoms with Crippen LogP contribution < -0.4 is 0 Å². The van der Waals surface area contributed by atoms with Gasteiger partial charge in [0.05, 0.1) is 25.9 Å². The smallest absolute Gasteiger partial charge is 0.325 e. The fourth-order valence-electron chi connectivity index (χ4n) is 3.69. The molecule has 3 atom stereocenters. The third kappa shape index (κ3) is 7.50. The monoisotopic (exact) mass is 537 g/mol. The van der Waals surface area contributed by atoms with E-state index in [1.54, 1.807) is 0 Å². The predicted molar refractivity (Wildman–Crippen MR) is 148 cm³/mol. The van der Waals surface area contributed by atoms with Crippen molar-refractivity contribution in [2.45, 2.75) is 103 Å². The number of esters is 2. The minimum atomic E-state index is -2.28. The predicted octanol–water partition coefficient (Wildman–Crippen LogP) is 5.37. The first-order chi connectivity index (χ1) is 16.4. The Morgan fingerprint density at radius 2 is 1.44 bits per heavy atom. The fraction of sp³-hybridized carbons (Fsp3) is 0.704. The molecule has 7 nitrogen and oxygen atoms in total. The molecule has 1 aromatic carbocycles. The van der Waals surface area contributed by atoms with Crippen LogP contribution in [0.2, 0.25) is 36.3 Å². The van der Waals surface area contributed by atoms with E-state index >= 15 is 0 Å². The van der Waals surface area contributed by atoms with Gasteiger partial charge in [0, 0.05) is 6.54 Å². The lowest BCUT2D eigenvalue weighted by atomic mass is 10.1. The van der Waals surface area contributed by atoms with E-state index in [1.165, 1.54) is 7.11 Å². The van der Waals surface area contributed by atoms with E-state index in [-0.39, 0.29) is 29.3 Å².